The van der Waals surface area contributed by atoms with Crippen LogP contribution in [0.2, 0.25) is 0 Å². The number of benzene rings is 2. The zero-order valence-corrected chi connectivity index (χ0v) is 18.1. The number of nitrogens with one attached hydrogen (secondary N) is 1. The Hall–Kier alpha value is -2.53. The molecule has 1 aliphatic carbocycles. The lowest BCUT2D eigenvalue weighted by Crippen LogP contribution is -2.38. The molecule has 1 aliphatic rings. The van der Waals surface area contributed by atoms with Crippen LogP contribution in [0.5, 0.6) is 11.5 Å². The van der Waals surface area contributed by atoms with Gasteiger partial charge >= 0.3 is 0 Å². The summed E-state index contributed by atoms with van der Waals surface area (Å²) in [6.07, 6.45) is 8.05. The molecule has 1 N–H and O–H groups in total. The van der Waals surface area contributed by atoms with Crippen molar-refractivity contribution in [1.82, 2.24) is 4.90 Å². The van der Waals surface area contributed by atoms with E-state index < -0.39 is 0 Å². The van der Waals surface area contributed by atoms with Crippen molar-refractivity contribution < 1.29 is 9.47 Å². The molecule has 1 unspecified atom stereocenters. The Morgan fingerprint density at radius 1 is 1.07 bits per heavy atom. The number of allylic oxidation sites excluding steroid dienone is 2. The van der Waals surface area contributed by atoms with Gasteiger partial charge < -0.3 is 19.7 Å². The lowest BCUT2D eigenvalue weighted by atomic mass is 9.94. The highest BCUT2D eigenvalue weighted by Gasteiger charge is 2.18. The molecule has 1 atom stereocenters. The van der Waals surface area contributed by atoms with Crippen molar-refractivity contribution in [3.8, 4) is 11.5 Å². The van der Waals surface area contributed by atoms with Gasteiger partial charge in [-0.15, -0.1) is 0 Å². The van der Waals surface area contributed by atoms with Crippen molar-refractivity contribution in [2.45, 2.75) is 32.7 Å². The first kappa shape index (κ1) is 21.2. The van der Waals surface area contributed by atoms with Crippen molar-refractivity contribution in [2.24, 2.45) is 5.92 Å². The van der Waals surface area contributed by atoms with Gasteiger partial charge in [0.05, 0.1) is 13.7 Å². The zero-order valence-electron chi connectivity index (χ0n) is 17.3. The van der Waals surface area contributed by atoms with Crippen LogP contribution in [-0.4, -0.2) is 30.3 Å². The fourth-order valence-corrected chi connectivity index (χ4v) is 3.77. The van der Waals surface area contributed by atoms with Crippen molar-refractivity contribution in [3.63, 3.8) is 0 Å². The first-order chi connectivity index (χ1) is 14.2. The second-order valence-electron chi connectivity index (χ2n) is 7.27. The highest BCUT2D eigenvalue weighted by Crippen LogP contribution is 2.22. The number of hydrogen-bond acceptors (Lipinski definition) is 3. The van der Waals surface area contributed by atoms with Crippen LogP contribution < -0.4 is 14.8 Å². The molecule has 154 valence electrons. The molecule has 5 heteroatoms. The number of nitrogens with zero attached hydrogens (tertiary/aromatic N) is 1. The normalized spacial score (nSPS) is 15.6. The van der Waals surface area contributed by atoms with E-state index >= 15 is 0 Å². The third kappa shape index (κ3) is 6.50. The molecule has 29 heavy (non-hydrogen) atoms. The summed E-state index contributed by atoms with van der Waals surface area (Å²) in [7, 11) is 1.69. The second-order valence-corrected chi connectivity index (χ2v) is 7.65. The molecule has 0 aliphatic heterocycles. The minimum absolute atomic E-state index is 0.623. The van der Waals surface area contributed by atoms with E-state index in [0.29, 0.717) is 12.5 Å². The Balaban J connectivity index is 1.69. The second kappa shape index (κ2) is 10.9. The average molecular weight is 411 g/mol. The van der Waals surface area contributed by atoms with Gasteiger partial charge in [0.1, 0.15) is 11.5 Å². The first-order valence-corrected chi connectivity index (χ1v) is 10.7. The van der Waals surface area contributed by atoms with Gasteiger partial charge in [-0.1, -0.05) is 24.3 Å². The quantitative estimate of drug-likeness (QED) is 0.449. The summed E-state index contributed by atoms with van der Waals surface area (Å²) < 4.78 is 10.8. The predicted octanol–water partition coefficient (Wildman–Crippen LogP) is 5.65. The van der Waals surface area contributed by atoms with Crippen LogP contribution in [0.4, 0.5) is 5.69 Å². The molecular formula is C24H30N2O2S. The van der Waals surface area contributed by atoms with Crippen LogP contribution >= 0.6 is 12.2 Å². The predicted molar refractivity (Wildman–Crippen MR) is 124 cm³/mol. The Labute approximate surface area is 179 Å². The van der Waals surface area contributed by atoms with E-state index in [-0.39, 0.29) is 0 Å². The molecule has 3 rings (SSSR count). The summed E-state index contributed by atoms with van der Waals surface area (Å²) in [5.74, 6) is 2.36. The van der Waals surface area contributed by atoms with E-state index in [1.807, 2.05) is 43.3 Å². The fraction of sp³-hybridized carbons (Fsp3) is 0.375. The van der Waals surface area contributed by atoms with Crippen molar-refractivity contribution >= 4 is 23.0 Å². The minimum atomic E-state index is 0.623. The van der Waals surface area contributed by atoms with Gasteiger partial charge in [0.2, 0.25) is 0 Å². The molecule has 0 spiro atoms. The summed E-state index contributed by atoms with van der Waals surface area (Å²) in [4.78, 5) is 2.28. The van der Waals surface area contributed by atoms with Gasteiger partial charge in [-0.25, -0.2) is 0 Å². The third-order valence-electron chi connectivity index (χ3n) is 5.09. The lowest BCUT2D eigenvalue weighted by molar-refractivity contribution is 0.319. The molecule has 0 fully saturated rings. The topological polar surface area (TPSA) is 33.7 Å². The van der Waals surface area contributed by atoms with E-state index in [2.05, 4.69) is 34.5 Å². The summed E-state index contributed by atoms with van der Waals surface area (Å²) in [5.41, 5.74) is 2.19. The molecule has 0 amide bonds. The molecule has 0 saturated heterocycles. The van der Waals surface area contributed by atoms with Crippen LogP contribution in [0, 0.1) is 5.92 Å². The SMILES string of the molecule is CCOc1ccc(NC(=S)N(Cc2ccc(OC)cc2)CC2CC=CCC2)cc1. The first-order valence-electron chi connectivity index (χ1n) is 10.2. The van der Waals surface area contributed by atoms with Gasteiger partial charge in [0.15, 0.2) is 5.11 Å². The lowest BCUT2D eigenvalue weighted by Gasteiger charge is -2.31. The van der Waals surface area contributed by atoms with E-state index in [9.17, 15) is 0 Å². The van der Waals surface area contributed by atoms with E-state index in [4.69, 9.17) is 21.7 Å². The number of rotatable bonds is 8. The van der Waals surface area contributed by atoms with Crippen molar-refractivity contribution in [1.29, 1.82) is 0 Å². The number of hydrogen-bond donors (Lipinski definition) is 1. The highest BCUT2D eigenvalue weighted by molar-refractivity contribution is 7.80. The highest BCUT2D eigenvalue weighted by atomic mass is 32.1. The molecular weight excluding hydrogens is 380 g/mol. The monoisotopic (exact) mass is 410 g/mol. The molecule has 0 aromatic heterocycles. The van der Waals surface area contributed by atoms with Crippen molar-refractivity contribution in [3.05, 3.63) is 66.2 Å². The standard InChI is InChI=1S/C24H30N2O2S/c1-3-28-23-15-11-21(12-16-23)25-24(29)26(17-19-7-5-4-6-8-19)18-20-9-13-22(27-2)14-10-20/h4-5,9-16,19H,3,6-8,17-18H2,1-2H3,(H,25,29). The molecule has 0 bridgehead atoms. The number of thiocarbonyl (C=S) groups is 1. The van der Waals surface area contributed by atoms with Crippen LogP contribution in [0.25, 0.3) is 0 Å². The molecule has 2 aromatic rings. The summed E-state index contributed by atoms with van der Waals surface area (Å²) >= 11 is 5.80. The summed E-state index contributed by atoms with van der Waals surface area (Å²) in [6, 6.07) is 16.2. The minimum Gasteiger partial charge on any atom is -0.497 e. The summed E-state index contributed by atoms with van der Waals surface area (Å²) in [5, 5.41) is 4.15. The van der Waals surface area contributed by atoms with Crippen LogP contribution in [0.1, 0.15) is 31.7 Å². The van der Waals surface area contributed by atoms with Crippen molar-refractivity contribution in [2.75, 3.05) is 25.6 Å². The van der Waals surface area contributed by atoms with Gasteiger partial charge in [-0.2, -0.15) is 0 Å². The molecule has 0 saturated carbocycles. The fourth-order valence-electron chi connectivity index (χ4n) is 3.51. The number of methoxy groups -OCH3 is 1. The van der Waals surface area contributed by atoms with Crippen LogP contribution in [0.15, 0.2) is 60.7 Å². The third-order valence-corrected chi connectivity index (χ3v) is 5.45. The Morgan fingerprint density at radius 2 is 1.79 bits per heavy atom. The zero-order chi connectivity index (χ0) is 20.5. The number of ether oxygens (including phenoxy) is 2. The largest absolute Gasteiger partial charge is 0.497 e. The molecule has 4 nitrogen and oxygen atoms in total. The molecule has 0 radical (unpaired) electrons. The van der Waals surface area contributed by atoms with E-state index in [0.717, 1.165) is 48.2 Å². The van der Waals surface area contributed by atoms with Gasteiger partial charge in [0, 0.05) is 18.8 Å². The molecule has 0 heterocycles. The maximum Gasteiger partial charge on any atom is 0.173 e. The Bertz CT molecular complexity index is 803. The maximum atomic E-state index is 5.80. The van der Waals surface area contributed by atoms with E-state index in [1.165, 1.54) is 12.0 Å². The Morgan fingerprint density at radius 3 is 2.41 bits per heavy atom. The Kier molecular flexibility index (Phi) is 7.94. The maximum absolute atomic E-state index is 5.80. The van der Waals surface area contributed by atoms with Gasteiger partial charge in [-0.3, -0.25) is 0 Å². The van der Waals surface area contributed by atoms with Gasteiger partial charge in [0.25, 0.3) is 0 Å². The number of anilines is 1. The van der Waals surface area contributed by atoms with Crippen LogP contribution in [-0.2, 0) is 6.54 Å². The average Bonchev–Trinajstić information content (AvgIpc) is 2.76. The van der Waals surface area contributed by atoms with Gasteiger partial charge in [-0.05, 0) is 86.3 Å². The molecule has 2 aromatic carbocycles. The van der Waals surface area contributed by atoms with E-state index in [1.54, 1.807) is 7.11 Å². The van der Waals surface area contributed by atoms with Crippen LogP contribution in [0.3, 0.4) is 0 Å². The smallest absolute Gasteiger partial charge is 0.173 e. The summed E-state index contributed by atoms with van der Waals surface area (Å²) in [6.45, 7) is 4.36.